The minimum atomic E-state index is -3.78. The summed E-state index contributed by atoms with van der Waals surface area (Å²) in [4.78, 5) is 4.08. The Morgan fingerprint density at radius 3 is 2.79 bits per heavy atom. The molecule has 3 aromatic rings. The molecule has 1 N–H and O–H groups in total. The number of hydrogen-bond donors (Lipinski definition) is 1. The van der Waals surface area contributed by atoms with Crippen LogP contribution in [0, 0.1) is 6.92 Å². The van der Waals surface area contributed by atoms with Crippen molar-refractivity contribution in [2.45, 2.75) is 18.4 Å². The van der Waals surface area contributed by atoms with Gasteiger partial charge in [-0.3, -0.25) is 4.68 Å². The van der Waals surface area contributed by atoms with Gasteiger partial charge in [0.05, 0.1) is 18.4 Å². The summed E-state index contributed by atoms with van der Waals surface area (Å²) in [6, 6.07) is 7.33. The molecular weight excluding hydrogens is 352 g/mol. The van der Waals surface area contributed by atoms with Crippen LogP contribution in [0.3, 0.4) is 0 Å². The first-order valence-corrected chi connectivity index (χ1v) is 8.86. The minimum absolute atomic E-state index is 0.000260. The van der Waals surface area contributed by atoms with Crippen molar-refractivity contribution < 1.29 is 8.42 Å². The summed E-state index contributed by atoms with van der Waals surface area (Å²) >= 11 is 5.94. The molecule has 0 saturated heterocycles. The molecule has 0 bridgehead atoms. The molecule has 0 radical (unpaired) electrons. The second-order valence-electron chi connectivity index (χ2n) is 5.22. The summed E-state index contributed by atoms with van der Waals surface area (Å²) in [5, 5.41) is 8.69. The van der Waals surface area contributed by atoms with Gasteiger partial charge >= 0.3 is 0 Å². The Labute approximate surface area is 144 Å². The lowest BCUT2D eigenvalue weighted by Crippen LogP contribution is -2.15. The topological polar surface area (TPSA) is 94.7 Å². The van der Waals surface area contributed by atoms with E-state index in [0.717, 1.165) is 5.56 Å². The predicted molar refractivity (Wildman–Crippen MR) is 89.3 cm³/mol. The van der Waals surface area contributed by atoms with Crippen molar-refractivity contribution >= 4 is 27.6 Å². The van der Waals surface area contributed by atoms with Gasteiger partial charge in [-0.25, -0.2) is 17.8 Å². The number of rotatable bonds is 5. The number of aromatic nitrogens is 5. The molecule has 0 aliphatic rings. The van der Waals surface area contributed by atoms with E-state index < -0.39 is 10.0 Å². The van der Waals surface area contributed by atoms with Gasteiger partial charge in [0.1, 0.15) is 11.2 Å². The van der Waals surface area contributed by atoms with Gasteiger partial charge in [0.15, 0.2) is 0 Å². The standard InChI is InChI=1S/C14H15ClN6O2S/c1-10-13(7-17-20(10)2)24(22,23)19-14-16-9-21(18-14)8-11-4-3-5-12(15)6-11/h3-7,9H,8H2,1-2H3,(H,18,19). The van der Waals surface area contributed by atoms with Gasteiger partial charge in [0.2, 0.25) is 0 Å². The molecule has 0 aliphatic heterocycles. The van der Waals surface area contributed by atoms with E-state index in [-0.39, 0.29) is 10.8 Å². The van der Waals surface area contributed by atoms with Crippen molar-refractivity contribution in [3.05, 3.63) is 53.1 Å². The molecule has 0 saturated carbocycles. The van der Waals surface area contributed by atoms with E-state index in [2.05, 4.69) is 19.9 Å². The van der Waals surface area contributed by atoms with Crippen LogP contribution in [0.1, 0.15) is 11.3 Å². The van der Waals surface area contributed by atoms with Crippen molar-refractivity contribution in [1.29, 1.82) is 0 Å². The lowest BCUT2D eigenvalue weighted by molar-refractivity contribution is 0.599. The molecule has 3 rings (SSSR count). The molecule has 2 aromatic heterocycles. The Morgan fingerprint density at radius 1 is 1.33 bits per heavy atom. The molecular formula is C14H15ClN6O2S. The zero-order valence-corrected chi connectivity index (χ0v) is 14.6. The number of nitrogens with one attached hydrogen (secondary N) is 1. The number of sulfonamides is 1. The number of nitrogens with zero attached hydrogens (tertiary/aromatic N) is 5. The van der Waals surface area contributed by atoms with Crippen molar-refractivity contribution in [3.8, 4) is 0 Å². The third-order valence-electron chi connectivity index (χ3n) is 3.48. The van der Waals surface area contributed by atoms with Gasteiger partial charge in [0, 0.05) is 12.1 Å². The molecule has 8 nitrogen and oxygen atoms in total. The van der Waals surface area contributed by atoms with E-state index in [1.165, 1.54) is 21.9 Å². The SMILES string of the molecule is Cc1c(S(=O)(=O)Nc2ncn(Cc3cccc(Cl)c3)n2)cnn1C. The summed E-state index contributed by atoms with van der Waals surface area (Å²) in [5.41, 5.74) is 1.46. The zero-order chi connectivity index (χ0) is 17.3. The van der Waals surface area contributed by atoms with E-state index in [9.17, 15) is 8.42 Å². The summed E-state index contributed by atoms with van der Waals surface area (Å²) in [6.45, 7) is 2.11. The molecule has 0 spiro atoms. The molecule has 0 unspecified atom stereocenters. The lowest BCUT2D eigenvalue weighted by Gasteiger charge is -2.04. The number of halogens is 1. The second-order valence-corrected chi connectivity index (χ2v) is 7.31. The van der Waals surface area contributed by atoms with Crippen LogP contribution in [0.15, 0.2) is 41.7 Å². The van der Waals surface area contributed by atoms with E-state index in [1.807, 2.05) is 18.2 Å². The summed E-state index contributed by atoms with van der Waals surface area (Å²) in [6.07, 6.45) is 2.75. The fourth-order valence-electron chi connectivity index (χ4n) is 2.16. The van der Waals surface area contributed by atoms with Crippen LogP contribution in [-0.4, -0.2) is 33.0 Å². The minimum Gasteiger partial charge on any atom is -0.272 e. The number of anilines is 1. The van der Waals surface area contributed by atoms with Crippen LogP contribution in [-0.2, 0) is 23.6 Å². The molecule has 0 amide bonds. The normalized spacial score (nSPS) is 11.6. The Morgan fingerprint density at radius 2 is 2.12 bits per heavy atom. The molecule has 24 heavy (non-hydrogen) atoms. The molecule has 0 aliphatic carbocycles. The van der Waals surface area contributed by atoms with Crippen molar-refractivity contribution in [1.82, 2.24) is 24.5 Å². The van der Waals surface area contributed by atoms with E-state index in [4.69, 9.17) is 11.6 Å². The highest BCUT2D eigenvalue weighted by Crippen LogP contribution is 2.16. The number of benzene rings is 1. The molecule has 126 valence electrons. The fraction of sp³-hybridized carbons (Fsp3) is 0.214. The highest BCUT2D eigenvalue weighted by molar-refractivity contribution is 7.92. The number of hydrogen-bond acceptors (Lipinski definition) is 5. The summed E-state index contributed by atoms with van der Waals surface area (Å²) in [7, 11) is -2.11. The first-order chi connectivity index (χ1) is 11.3. The largest absolute Gasteiger partial charge is 0.272 e. The molecule has 0 atom stereocenters. The lowest BCUT2D eigenvalue weighted by atomic mass is 10.2. The van der Waals surface area contributed by atoms with Crippen molar-refractivity contribution in [2.75, 3.05) is 4.72 Å². The highest BCUT2D eigenvalue weighted by atomic mass is 35.5. The smallest absolute Gasteiger partial charge is 0.267 e. The van der Waals surface area contributed by atoms with Gasteiger partial charge in [0.25, 0.3) is 16.0 Å². The Balaban J connectivity index is 1.77. The van der Waals surface area contributed by atoms with Crippen LogP contribution in [0.5, 0.6) is 0 Å². The average Bonchev–Trinajstić information content (AvgIpc) is 3.06. The van der Waals surface area contributed by atoms with Gasteiger partial charge in [-0.2, -0.15) is 10.1 Å². The molecule has 0 fully saturated rings. The van der Waals surface area contributed by atoms with Crippen molar-refractivity contribution in [3.63, 3.8) is 0 Å². The maximum Gasteiger partial charge on any atom is 0.267 e. The van der Waals surface area contributed by atoms with Crippen LogP contribution in [0.2, 0.25) is 5.02 Å². The van der Waals surface area contributed by atoms with Crippen molar-refractivity contribution in [2.24, 2.45) is 7.05 Å². The van der Waals surface area contributed by atoms with Gasteiger partial charge in [-0.05, 0) is 24.6 Å². The maximum absolute atomic E-state index is 12.4. The molecule has 1 aromatic carbocycles. The predicted octanol–water partition coefficient (Wildman–Crippen LogP) is 1.82. The van der Waals surface area contributed by atoms with Gasteiger partial charge < -0.3 is 0 Å². The second kappa shape index (κ2) is 6.25. The first kappa shape index (κ1) is 16.5. The Kier molecular flexibility index (Phi) is 4.29. The quantitative estimate of drug-likeness (QED) is 0.743. The third kappa shape index (κ3) is 3.41. The average molecular weight is 367 g/mol. The van der Waals surface area contributed by atoms with Gasteiger partial charge in [-0.15, -0.1) is 5.10 Å². The van der Waals surface area contributed by atoms with E-state index in [0.29, 0.717) is 17.3 Å². The molecule has 2 heterocycles. The maximum atomic E-state index is 12.4. The van der Waals surface area contributed by atoms with E-state index in [1.54, 1.807) is 20.0 Å². The number of aryl methyl sites for hydroxylation is 1. The van der Waals surface area contributed by atoms with E-state index >= 15 is 0 Å². The summed E-state index contributed by atoms with van der Waals surface area (Å²) < 4.78 is 30.1. The zero-order valence-electron chi connectivity index (χ0n) is 13.0. The van der Waals surface area contributed by atoms with Gasteiger partial charge in [-0.1, -0.05) is 23.7 Å². The summed E-state index contributed by atoms with van der Waals surface area (Å²) in [5.74, 6) is 0.000260. The van der Waals surface area contributed by atoms with Crippen LogP contribution < -0.4 is 4.72 Å². The van der Waals surface area contributed by atoms with Crippen LogP contribution >= 0.6 is 11.6 Å². The fourth-order valence-corrected chi connectivity index (χ4v) is 3.52. The monoisotopic (exact) mass is 366 g/mol. The highest BCUT2D eigenvalue weighted by Gasteiger charge is 2.21. The molecule has 10 heteroatoms. The van der Waals surface area contributed by atoms with Crippen LogP contribution in [0.4, 0.5) is 5.95 Å². The van der Waals surface area contributed by atoms with Crippen LogP contribution in [0.25, 0.3) is 0 Å². The first-order valence-electron chi connectivity index (χ1n) is 7.00. The Hall–Kier alpha value is -2.39. The Bertz CT molecular complexity index is 979. The third-order valence-corrected chi connectivity index (χ3v) is 5.14.